The molecule has 4 nitrogen and oxygen atoms in total. The molecule has 1 N–H and O–H groups in total. The second-order valence-corrected chi connectivity index (χ2v) is 7.24. The molecule has 1 saturated carbocycles. The molecule has 130 valence electrons. The van der Waals surface area contributed by atoms with Crippen molar-refractivity contribution in [3.63, 3.8) is 0 Å². The summed E-state index contributed by atoms with van der Waals surface area (Å²) in [6, 6.07) is 5.85. The Kier molecular flexibility index (Phi) is 5.54. The molecule has 0 spiro atoms. The van der Waals surface area contributed by atoms with E-state index in [0.29, 0.717) is 12.8 Å². The number of hydrogen-bond acceptors (Lipinski definition) is 2. The van der Waals surface area contributed by atoms with Gasteiger partial charge in [0.1, 0.15) is 0 Å². The second kappa shape index (κ2) is 7.82. The number of aryl methyl sites for hydroxylation is 1. The van der Waals surface area contributed by atoms with E-state index in [1.54, 1.807) is 0 Å². The third-order valence-electron chi connectivity index (χ3n) is 5.36. The Morgan fingerprint density at radius 1 is 1.21 bits per heavy atom. The monoisotopic (exact) mass is 328 g/mol. The second-order valence-electron chi connectivity index (χ2n) is 7.24. The summed E-state index contributed by atoms with van der Waals surface area (Å²) < 4.78 is 0. The first-order valence-electron chi connectivity index (χ1n) is 9.34. The molecule has 2 amide bonds. The average molecular weight is 328 g/mol. The van der Waals surface area contributed by atoms with Gasteiger partial charge in [-0.1, -0.05) is 38.2 Å². The van der Waals surface area contributed by atoms with Crippen molar-refractivity contribution in [3.05, 3.63) is 23.8 Å². The smallest absolute Gasteiger partial charge is 0.227 e. The topological polar surface area (TPSA) is 49.4 Å². The molecule has 1 saturated heterocycles. The highest BCUT2D eigenvalue weighted by atomic mass is 16.2. The first-order valence-corrected chi connectivity index (χ1v) is 9.34. The summed E-state index contributed by atoms with van der Waals surface area (Å²) in [4.78, 5) is 26.1. The fourth-order valence-corrected chi connectivity index (χ4v) is 3.92. The molecule has 0 bridgehead atoms. The molecular formula is C20H28N2O2. The summed E-state index contributed by atoms with van der Waals surface area (Å²) in [7, 11) is 0. The van der Waals surface area contributed by atoms with E-state index < -0.39 is 0 Å². The van der Waals surface area contributed by atoms with Crippen LogP contribution >= 0.6 is 0 Å². The van der Waals surface area contributed by atoms with E-state index in [-0.39, 0.29) is 11.8 Å². The van der Waals surface area contributed by atoms with Crippen LogP contribution in [0.25, 0.3) is 0 Å². The Hall–Kier alpha value is -1.84. The van der Waals surface area contributed by atoms with E-state index in [1.165, 1.54) is 32.1 Å². The largest absolute Gasteiger partial charge is 0.326 e. The quantitative estimate of drug-likeness (QED) is 0.870. The Labute approximate surface area is 144 Å². The van der Waals surface area contributed by atoms with Gasteiger partial charge < -0.3 is 10.2 Å². The molecule has 1 aliphatic carbocycles. The van der Waals surface area contributed by atoms with E-state index in [9.17, 15) is 9.59 Å². The molecule has 1 aromatic rings. The first-order chi connectivity index (χ1) is 11.6. The van der Waals surface area contributed by atoms with Gasteiger partial charge in [-0.2, -0.15) is 0 Å². The van der Waals surface area contributed by atoms with Crippen LogP contribution in [0.2, 0.25) is 0 Å². The fourth-order valence-electron chi connectivity index (χ4n) is 3.92. The fraction of sp³-hybridized carbons (Fsp3) is 0.600. The molecule has 0 atom stereocenters. The summed E-state index contributed by atoms with van der Waals surface area (Å²) in [5, 5.41) is 3.01. The lowest BCUT2D eigenvalue weighted by Gasteiger charge is -2.21. The number of benzene rings is 1. The molecule has 2 aliphatic rings. The number of rotatable bonds is 5. The summed E-state index contributed by atoms with van der Waals surface area (Å²) in [5.74, 6) is 0.988. The van der Waals surface area contributed by atoms with Gasteiger partial charge in [-0.25, -0.2) is 0 Å². The van der Waals surface area contributed by atoms with Crippen molar-refractivity contribution in [1.82, 2.24) is 0 Å². The van der Waals surface area contributed by atoms with Crippen LogP contribution in [0.3, 0.4) is 0 Å². The highest BCUT2D eigenvalue weighted by Gasteiger charge is 2.23. The third-order valence-corrected chi connectivity index (χ3v) is 5.36. The van der Waals surface area contributed by atoms with Crippen LogP contribution in [-0.2, 0) is 9.59 Å². The zero-order valence-electron chi connectivity index (χ0n) is 14.6. The van der Waals surface area contributed by atoms with Crippen LogP contribution in [-0.4, -0.2) is 18.4 Å². The number of anilines is 2. The van der Waals surface area contributed by atoms with Crippen LogP contribution < -0.4 is 10.2 Å². The van der Waals surface area contributed by atoms with E-state index in [1.807, 2.05) is 30.0 Å². The number of nitrogens with zero attached hydrogens (tertiary/aromatic N) is 1. The minimum Gasteiger partial charge on any atom is -0.326 e. The normalized spacial score (nSPS) is 18.9. The minimum absolute atomic E-state index is 0.0862. The van der Waals surface area contributed by atoms with Gasteiger partial charge in [-0.05, 0) is 43.4 Å². The van der Waals surface area contributed by atoms with E-state index >= 15 is 0 Å². The standard InChI is InChI=1S/C20H28N2O2/c1-15-9-11-17(14-18(15)22-13-5-8-20(22)24)21-19(23)12-10-16-6-3-2-4-7-16/h9,11,14,16H,2-8,10,12-13H2,1H3,(H,21,23). The molecular weight excluding hydrogens is 300 g/mol. The van der Waals surface area contributed by atoms with Gasteiger partial charge in [-0.3, -0.25) is 9.59 Å². The lowest BCUT2D eigenvalue weighted by molar-refractivity contribution is -0.117. The number of amides is 2. The number of hydrogen-bond donors (Lipinski definition) is 1. The van der Waals surface area contributed by atoms with E-state index in [4.69, 9.17) is 0 Å². The minimum atomic E-state index is 0.0862. The van der Waals surface area contributed by atoms with Gasteiger partial charge in [0.25, 0.3) is 0 Å². The summed E-state index contributed by atoms with van der Waals surface area (Å²) in [6.45, 7) is 2.79. The first kappa shape index (κ1) is 17.0. The van der Waals surface area contributed by atoms with Crippen LogP contribution in [0.4, 0.5) is 11.4 Å². The number of carbonyl (C=O) groups excluding carboxylic acids is 2. The maximum atomic E-state index is 12.2. The molecule has 1 aromatic carbocycles. The van der Waals surface area contributed by atoms with Crippen molar-refractivity contribution in [1.29, 1.82) is 0 Å². The Morgan fingerprint density at radius 2 is 2.00 bits per heavy atom. The molecule has 0 aromatic heterocycles. The maximum Gasteiger partial charge on any atom is 0.227 e. The molecule has 0 unspecified atom stereocenters. The lowest BCUT2D eigenvalue weighted by atomic mass is 9.86. The van der Waals surface area contributed by atoms with Crippen molar-refractivity contribution >= 4 is 23.2 Å². The van der Waals surface area contributed by atoms with Gasteiger partial charge in [0.15, 0.2) is 0 Å². The van der Waals surface area contributed by atoms with Gasteiger partial charge in [0.2, 0.25) is 11.8 Å². The molecule has 0 radical (unpaired) electrons. The van der Waals surface area contributed by atoms with Gasteiger partial charge in [0.05, 0.1) is 0 Å². The van der Waals surface area contributed by atoms with Crippen LogP contribution in [0.5, 0.6) is 0 Å². The van der Waals surface area contributed by atoms with Crippen molar-refractivity contribution in [2.24, 2.45) is 5.92 Å². The van der Waals surface area contributed by atoms with Crippen molar-refractivity contribution in [2.75, 3.05) is 16.8 Å². The molecule has 1 heterocycles. The van der Waals surface area contributed by atoms with Gasteiger partial charge in [-0.15, -0.1) is 0 Å². The summed E-state index contributed by atoms with van der Waals surface area (Å²) in [5.41, 5.74) is 2.80. The molecule has 1 aliphatic heterocycles. The highest BCUT2D eigenvalue weighted by Crippen LogP contribution is 2.29. The number of nitrogens with one attached hydrogen (secondary N) is 1. The van der Waals surface area contributed by atoms with Crippen LogP contribution in [0.1, 0.15) is 63.4 Å². The maximum absolute atomic E-state index is 12.2. The molecule has 4 heteroatoms. The summed E-state index contributed by atoms with van der Waals surface area (Å²) >= 11 is 0. The number of carbonyl (C=O) groups is 2. The SMILES string of the molecule is Cc1ccc(NC(=O)CCC2CCCCC2)cc1N1CCCC1=O. The van der Waals surface area contributed by atoms with Gasteiger partial charge >= 0.3 is 0 Å². The molecule has 24 heavy (non-hydrogen) atoms. The third kappa shape index (κ3) is 4.16. The highest BCUT2D eigenvalue weighted by molar-refractivity contribution is 5.97. The Bertz CT molecular complexity index is 606. The van der Waals surface area contributed by atoms with E-state index in [2.05, 4.69) is 5.32 Å². The van der Waals surface area contributed by atoms with Crippen molar-refractivity contribution in [3.8, 4) is 0 Å². The molecule has 3 rings (SSSR count). The van der Waals surface area contributed by atoms with Gasteiger partial charge in [0, 0.05) is 30.8 Å². The average Bonchev–Trinajstić information content (AvgIpc) is 3.01. The van der Waals surface area contributed by atoms with E-state index in [0.717, 1.165) is 42.2 Å². The Morgan fingerprint density at radius 3 is 2.71 bits per heavy atom. The van der Waals surface area contributed by atoms with Crippen LogP contribution in [0.15, 0.2) is 18.2 Å². The summed E-state index contributed by atoms with van der Waals surface area (Å²) in [6.07, 6.45) is 9.66. The zero-order chi connectivity index (χ0) is 16.9. The Balaban J connectivity index is 1.58. The molecule has 2 fully saturated rings. The zero-order valence-corrected chi connectivity index (χ0v) is 14.6. The predicted molar refractivity (Wildman–Crippen MR) is 97.2 cm³/mol. The van der Waals surface area contributed by atoms with Crippen molar-refractivity contribution < 1.29 is 9.59 Å². The predicted octanol–water partition coefficient (Wildman–Crippen LogP) is 4.42. The van der Waals surface area contributed by atoms with Crippen LogP contribution in [0, 0.1) is 12.8 Å². The van der Waals surface area contributed by atoms with Crippen molar-refractivity contribution in [2.45, 2.75) is 64.7 Å². The lowest BCUT2D eigenvalue weighted by Crippen LogP contribution is -2.24.